The zero-order valence-corrected chi connectivity index (χ0v) is 17.9. The van der Waals surface area contributed by atoms with Gasteiger partial charge < -0.3 is 20.1 Å². The SMILES string of the molecule is COc1ccc(Oc2nc(-c3cnc4ccccc4c3)ncc2NC[C@@H]2CCCN2)cc1. The minimum Gasteiger partial charge on any atom is -0.497 e. The monoisotopic (exact) mass is 427 g/mol. The van der Waals surface area contributed by atoms with Crippen molar-refractivity contribution in [3.63, 3.8) is 0 Å². The van der Waals surface area contributed by atoms with Gasteiger partial charge in [0.15, 0.2) is 5.82 Å². The first-order chi connectivity index (χ1) is 15.8. The van der Waals surface area contributed by atoms with Gasteiger partial charge in [-0.15, -0.1) is 0 Å². The maximum Gasteiger partial charge on any atom is 0.246 e. The van der Waals surface area contributed by atoms with E-state index < -0.39 is 0 Å². The summed E-state index contributed by atoms with van der Waals surface area (Å²) in [5.74, 6) is 2.49. The third-order valence-corrected chi connectivity index (χ3v) is 5.58. The van der Waals surface area contributed by atoms with Crippen molar-refractivity contribution in [2.75, 3.05) is 25.5 Å². The number of anilines is 1. The highest BCUT2D eigenvalue weighted by molar-refractivity contribution is 5.82. The minimum absolute atomic E-state index is 0.438. The lowest BCUT2D eigenvalue weighted by atomic mass is 10.1. The molecule has 1 aliphatic heterocycles. The second-order valence-corrected chi connectivity index (χ2v) is 7.78. The summed E-state index contributed by atoms with van der Waals surface area (Å²) in [6.45, 7) is 1.85. The van der Waals surface area contributed by atoms with Crippen LogP contribution in [-0.4, -0.2) is 41.2 Å². The Labute approximate surface area is 186 Å². The molecule has 32 heavy (non-hydrogen) atoms. The number of rotatable bonds is 7. The molecule has 0 amide bonds. The van der Waals surface area contributed by atoms with E-state index in [0.29, 0.717) is 23.5 Å². The normalized spacial score (nSPS) is 15.6. The Morgan fingerprint density at radius 3 is 2.69 bits per heavy atom. The third-order valence-electron chi connectivity index (χ3n) is 5.58. The predicted molar refractivity (Wildman–Crippen MR) is 125 cm³/mol. The molecule has 0 spiro atoms. The number of pyridine rings is 1. The van der Waals surface area contributed by atoms with Crippen LogP contribution in [0.2, 0.25) is 0 Å². The van der Waals surface area contributed by atoms with Crippen LogP contribution in [0.15, 0.2) is 67.0 Å². The predicted octanol–water partition coefficient (Wildman–Crippen LogP) is 4.66. The van der Waals surface area contributed by atoms with Gasteiger partial charge in [-0.1, -0.05) is 18.2 Å². The Hall–Kier alpha value is -3.71. The van der Waals surface area contributed by atoms with Crippen LogP contribution in [0.1, 0.15) is 12.8 Å². The molecule has 1 aliphatic rings. The summed E-state index contributed by atoms with van der Waals surface area (Å²) in [6.07, 6.45) is 5.94. The van der Waals surface area contributed by atoms with Crippen molar-refractivity contribution in [2.24, 2.45) is 0 Å². The van der Waals surface area contributed by atoms with E-state index in [1.54, 1.807) is 19.5 Å². The van der Waals surface area contributed by atoms with Crippen molar-refractivity contribution in [1.29, 1.82) is 0 Å². The molecule has 1 fully saturated rings. The van der Waals surface area contributed by atoms with Crippen LogP contribution >= 0.6 is 0 Å². The molecule has 2 aromatic heterocycles. The fourth-order valence-electron chi connectivity index (χ4n) is 3.82. The molecule has 2 aromatic carbocycles. The molecule has 1 atom stereocenters. The minimum atomic E-state index is 0.438. The van der Waals surface area contributed by atoms with Crippen LogP contribution in [0.4, 0.5) is 5.69 Å². The standard InChI is InChI=1S/C25H25N5O2/c1-31-20-8-10-21(11-9-20)32-25-23(28-15-19-6-4-12-26-19)16-29-24(30-25)18-13-17-5-2-3-7-22(17)27-14-18/h2-3,5,7-11,13-14,16,19,26,28H,4,6,12,15H2,1H3/t19-/m0/s1. The summed E-state index contributed by atoms with van der Waals surface area (Å²) < 4.78 is 11.4. The molecule has 7 heteroatoms. The molecule has 5 rings (SSSR count). The van der Waals surface area contributed by atoms with Gasteiger partial charge >= 0.3 is 0 Å². The van der Waals surface area contributed by atoms with Crippen molar-refractivity contribution in [1.82, 2.24) is 20.3 Å². The zero-order valence-electron chi connectivity index (χ0n) is 17.9. The Morgan fingerprint density at radius 1 is 1.03 bits per heavy atom. The first-order valence-electron chi connectivity index (χ1n) is 10.8. The summed E-state index contributed by atoms with van der Waals surface area (Å²) in [5.41, 5.74) is 2.53. The number of hydrogen-bond donors (Lipinski definition) is 2. The van der Waals surface area contributed by atoms with Gasteiger partial charge in [-0.25, -0.2) is 4.98 Å². The van der Waals surface area contributed by atoms with E-state index in [2.05, 4.69) is 20.6 Å². The Morgan fingerprint density at radius 2 is 1.88 bits per heavy atom. The second kappa shape index (κ2) is 9.20. The van der Waals surface area contributed by atoms with E-state index in [0.717, 1.165) is 47.4 Å². The molecule has 162 valence electrons. The van der Waals surface area contributed by atoms with Crippen LogP contribution in [0.5, 0.6) is 17.4 Å². The van der Waals surface area contributed by atoms with E-state index in [4.69, 9.17) is 14.5 Å². The zero-order chi connectivity index (χ0) is 21.8. The quantitative estimate of drug-likeness (QED) is 0.444. The van der Waals surface area contributed by atoms with Gasteiger partial charge in [0.05, 0.1) is 18.8 Å². The van der Waals surface area contributed by atoms with E-state index >= 15 is 0 Å². The molecular weight excluding hydrogens is 402 g/mol. The van der Waals surface area contributed by atoms with Crippen molar-refractivity contribution in [2.45, 2.75) is 18.9 Å². The smallest absolute Gasteiger partial charge is 0.246 e. The van der Waals surface area contributed by atoms with Crippen molar-refractivity contribution in [3.05, 3.63) is 67.0 Å². The highest BCUT2D eigenvalue weighted by Crippen LogP contribution is 2.31. The number of para-hydroxylation sites is 1. The Kier molecular flexibility index (Phi) is 5.81. The number of methoxy groups -OCH3 is 1. The summed E-state index contributed by atoms with van der Waals surface area (Å²) in [6, 6.07) is 17.9. The number of fused-ring (bicyclic) bond motifs is 1. The molecule has 3 heterocycles. The van der Waals surface area contributed by atoms with Crippen LogP contribution in [0, 0.1) is 0 Å². The van der Waals surface area contributed by atoms with Gasteiger partial charge in [0.1, 0.15) is 17.2 Å². The fraction of sp³-hybridized carbons (Fsp3) is 0.240. The van der Waals surface area contributed by atoms with Crippen molar-refractivity contribution in [3.8, 4) is 28.8 Å². The second-order valence-electron chi connectivity index (χ2n) is 7.78. The maximum absolute atomic E-state index is 6.16. The average molecular weight is 428 g/mol. The van der Waals surface area contributed by atoms with Crippen molar-refractivity contribution >= 4 is 16.6 Å². The van der Waals surface area contributed by atoms with E-state index in [1.807, 2.05) is 54.6 Å². The molecule has 1 saturated heterocycles. The summed E-state index contributed by atoms with van der Waals surface area (Å²) in [4.78, 5) is 13.9. The van der Waals surface area contributed by atoms with Crippen LogP contribution in [0.25, 0.3) is 22.3 Å². The lowest BCUT2D eigenvalue weighted by Crippen LogP contribution is -2.29. The number of benzene rings is 2. The van der Waals surface area contributed by atoms with Crippen molar-refractivity contribution < 1.29 is 9.47 Å². The number of ether oxygens (including phenoxy) is 2. The summed E-state index contributed by atoms with van der Waals surface area (Å²) in [7, 11) is 1.64. The fourth-order valence-corrected chi connectivity index (χ4v) is 3.82. The number of nitrogens with one attached hydrogen (secondary N) is 2. The highest BCUT2D eigenvalue weighted by atomic mass is 16.5. The molecule has 0 aliphatic carbocycles. The van der Waals surface area contributed by atoms with Crippen LogP contribution in [-0.2, 0) is 0 Å². The molecule has 4 aromatic rings. The van der Waals surface area contributed by atoms with Gasteiger partial charge in [0.2, 0.25) is 5.88 Å². The van der Waals surface area contributed by atoms with Gasteiger partial charge in [-0.3, -0.25) is 4.98 Å². The molecule has 2 N–H and O–H groups in total. The molecule has 0 saturated carbocycles. The van der Waals surface area contributed by atoms with Gasteiger partial charge in [0.25, 0.3) is 0 Å². The van der Waals surface area contributed by atoms with Crippen LogP contribution in [0.3, 0.4) is 0 Å². The molecule has 0 bridgehead atoms. The maximum atomic E-state index is 6.16. The van der Waals surface area contributed by atoms with Gasteiger partial charge in [-0.05, 0) is 55.8 Å². The first kappa shape index (κ1) is 20.2. The summed E-state index contributed by atoms with van der Waals surface area (Å²) in [5, 5.41) is 7.99. The number of hydrogen-bond acceptors (Lipinski definition) is 7. The summed E-state index contributed by atoms with van der Waals surface area (Å²) >= 11 is 0. The Balaban J connectivity index is 1.46. The topological polar surface area (TPSA) is 81.2 Å². The molecule has 0 radical (unpaired) electrons. The molecule has 7 nitrogen and oxygen atoms in total. The molecular formula is C25H25N5O2. The highest BCUT2D eigenvalue weighted by Gasteiger charge is 2.17. The van der Waals surface area contributed by atoms with Gasteiger partial charge in [-0.2, -0.15) is 4.98 Å². The van der Waals surface area contributed by atoms with Crippen LogP contribution < -0.4 is 20.1 Å². The van der Waals surface area contributed by atoms with E-state index in [1.165, 1.54) is 6.42 Å². The average Bonchev–Trinajstić information content (AvgIpc) is 3.37. The van der Waals surface area contributed by atoms with E-state index in [-0.39, 0.29) is 0 Å². The lowest BCUT2D eigenvalue weighted by molar-refractivity contribution is 0.412. The third kappa shape index (κ3) is 4.48. The molecule has 0 unspecified atom stereocenters. The largest absolute Gasteiger partial charge is 0.497 e. The van der Waals surface area contributed by atoms with Gasteiger partial charge in [0, 0.05) is 29.7 Å². The number of aromatic nitrogens is 3. The van der Waals surface area contributed by atoms with E-state index in [9.17, 15) is 0 Å². The Bertz CT molecular complexity index is 1210. The first-order valence-corrected chi connectivity index (χ1v) is 10.8. The lowest BCUT2D eigenvalue weighted by Gasteiger charge is -2.16. The number of nitrogens with zero attached hydrogens (tertiary/aromatic N) is 3.